The van der Waals surface area contributed by atoms with E-state index in [4.69, 9.17) is 5.73 Å². The van der Waals surface area contributed by atoms with Crippen LogP contribution in [0.2, 0.25) is 0 Å². The summed E-state index contributed by atoms with van der Waals surface area (Å²) in [6, 6.07) is 12.8. The minimum Gasteiger partial charge on any atom is -0.508 e. The first-order chi connectivity index (χ1) is 11.5. The summed E-state index contributed by atoms with van der Waals surface area (Å²) in [6.45, 7) is 0.342. The second-order valence-electron chi connectivity index (χ2n) is 5.48. The number of amides is 2. The Morgan fingerprint density at radius 1 is 0.917 bits per heavy atom. The number of nitrogens with one attached hydrogen (secondary N) is 1. The molecule has 126 valence electrons. The maximum atomic E-state index is 12.6. The van der Waals surface area contributed by atoms with Crippen molar-refractivity contribution in [2.24, 2.45) is 5.73 Å². The third kappa shape index (κ3) is 4.74. The minimum absolute atomic E-state index is 0.116. The lowest BCUT2D eigenvalue weighted by atomic mass is 9.90. The summed E-state index contributed by atoms with van der Waals surface area (Å²) in [5, 5.41) is 21.7. The van der Waals surface area contributed by atoms with Crippen molar-refractivity contribution in [1.29, 1.82) is 0 Å². The van der Waals surface area contributed by atoms with Crippen molar-refractivity contribution < 1.29 is 19.8 Å². The number of primary amides is 1. The van der Waals surface area contributed by atoms with Crippen LogP contribution < -0.4 is 11.1 Å². The highest BCUT2D eigenvalue weighted by Crippen LogP contribution is 2.27. The molecule has 2 rings (SSSR count). The Morgan fingerprint density at radius 2 is 1.38 bits per heavy atom. The highest BCUT2D eigenvalue weighted by molar-refractivity contribution is 5.87. The third-order valence-electron chi connectivity index (χ3n) is 3.61. The highest BCUT2D eigenvalue weighted by Gasteiger charge is 2.22. The first kappa shape index (κ1) is 17.3. The number of phenolic OH excluding ortho intramolecular Hbond substituents is 2. The van der Waals surface area contributed by atoms with Gasteiger partial charge in [0, 0.05) is 13.0 Å². The molecule has 0 spiro atoms. The second-order valence-corrected chi connectivity index (χ2v) is 5.48. The molecule has 0 heterocycles. The number of carbonyl (C=O) groups is 2. The van der Waals surface area contributed by atoms with Crippen LogP contribution in [0.5, 0.6) is 11.5 Å². The van der Waals surface area contributed by atoms with Crippen LogP contribution in [0, 0.1) is 0 Å². The van der Waals surface area contributed by atoms with E-state index >= 15 is 0 Å². The summed E-state index contributed by atoms with van der Waals surface area (Å²) in [5.74, 6) is -0.983. The molecule has 0 radical (unpaired) electrons. The Hall–Kier alpha value is -3.02. The van der Waals surface area contributed by atoms with Crippen LogP contribution in [-0.4, -0.2) is 28.6 Å². The average molecular weight is 328 g/mol. The maximum absolute atomic E-state index is 12.6. The predicted octanol–water partition coefficient (Wildman–Crippen LogP) is 1.61. The Kier molecular flexibility index (Phi) is 5.78. The molecular formula is C18H20N2O4. The van der Waals surface area contributed by atoms with E-state index in [0.717, 1.165) is 0 Å². The smallest absolute Gasteiger partial charge is 0.232 e. The van der Waals surface area contributed by atoms with E-state index in [1.807, 2.05) is 0 Å². The minimum atomic E-state index is -0.584. The number of nitrogens with two attached hydrogens (primary N) is 1. The molecule has 0 aromatic heterocycles. The van der Waals surface area contributed by atoms with E-state index in [0.29, 0.717) is 24.1 Å². The van der Waals surface area contributed by atoms with Gasteiger partial charge in [-0.25, -0.2) is 0 Å². The van der Waals surface area contributed by atoms with Gasteiger partial charge in [-0.15, -0.1) is 0 Å². The molecule has 0 unspecified atom stereocenters. The van der Waals surface area contributed by atoms with Crippen LogP contribution >= 0.6 is 0 Å². The van der Waals surface area contributed by atoms with Crippen LogP contribution in [-0.2, 0) is 9.59 Å². The Balaban J connectivity index is 2.19. The van der Waals surface area contributed by atoms with Crippen LogP contribution in [0.15, 0.2) is 48.5 Å². The fourth-order valence-corrected chi connectivity index (χ4v) is 2.41. The molecule has 0 aliphatic carbocycles. The van der Waals surface area contributed by atoms with Crippen molar-refractivity contribution in [3.05, 3.63) is 59.7 Å². The Labute approximate surface area is 139 Å². The molecule has 2 aromatic rings. The molecule has 0 fully saturated rings. The summed E-state index contributed by atoms with van der Waals surface area (Å²) < 4.78 is 0. The van der Waals surface area contributed by atoms with Gasteiger partial charge in [0.2, 0.25) is 11.8 Å². The standard InChI is InChI=1S/C18H20N2O4/c19-16(23)2-1-11-20-18(24)17(12-3-7-14(21)8-4-12)13-5-9-15(22)10-6-13/h3-10,17,21-22H,1-2,11H2,(H2,19,23)(H,20,24). The zero-order chi connectivity index (χ0) is 17.5. The van der Waals surface area contributed by atoms with E-state index in [1.54, 1.807) is 24.3 Å². The van der Waals surface area contributed by atoms with Crippen molar-refractivity contribution in [2.75, 3.05) is 6.54 Å². The first-order valence-electron chi connectivity index (χ1n) is 7.61. The number of phenols is 2. The number of hydrogen-bond acceptors (Lipinski definition) is 4. The van der Waals surface area contributed by atoms with Gasteiger partial charge in [0.25, 0.3) is 0 Å². The van der Waals surface area contributed by atoms with Crippen LogP contribution in [0.1, 0.15) is 29.9 Å². The van der Waals surface area contributed by atoms with Gasteiger partial charge < -0.3 is 21.3 Å². The molecule has 5 N–H and O–H groups in total. The maximum Gasteiger partial charge on any atom is 0.232 e. The van der Waals surface area contributed by atoms with Gasteiger partial charge in [-0.05, 0) is 41.8 Å². The number of hydrogen-bond donors (Lipinski definition) is 4. The zero-order valence-corrected chi connectivity index (χ0v) is 13.1. The quantitative estimate of drug-likeness (QED) is 0.578. The average Bonchev–Trinajstić information content (AvgIpc) is 2.55. The van der Waals surface area contributed by atoms with Crippen LogP contribution in [0.4, 0.5) is 0 Å². The van der Waals surface area contributed by atoms with Crippen molar-refractivity contribution >= 4 is 11.8 Å². The molecule has 0 saturated carbocycles. The number of aromatic hydroxyl groups is 2. The van der Waals surface area contributed by atoms with Gasteiger partial charge in [0.15, 0.2) is 0 Å². The van der Waals surface area contributed by atoms with Gasteiger partial charge in [0.05, 0.1) is 5.92 Å². The first-order valence-corrected chi connectivity index (χ1v) is 7.61. The summed E-state index contributed by atoms with van der Waals surface area (Å²) in [5.41, 5.74) is 6.51. The van der Waals surface area contributed by atoms with Crippen molar-refractivity contribution in [3.8, 4) is 11.5 Å². The fourth-order valence-electron chi connectivity index (χ4n) is 2.41. The van der Waals surface area contributed by atoms with E-state index < -0.39 is 11.8 Å². The Bertz CT molecular complexity index is 650. The van der Waals surface area contributed by atoms with Gasteiger partial charge in [-0.1, -0.05) is 24.3 Å². The number of carbonyl (C=O) groups excluding carboxylic acids is 2. The monoisotopic (exact) mass is 328 g/mol. The molecule has 2 amide bonds. The summed E-state index contributed by atoms with van der Waals surface area (Å²) >= 11 is 0. The van der Waals surface area contributed by atoms with Gasteiger partial charge in [-0.3, -0.25) is 9.59 Å². The molecular weight excluding hydrogens is 308 g/mol. The predicted molar refractivity (Wildman–Crippen MR) is 89.5 cm³/mol. The summed E-state index contributed by atoms with van der Waals surface area (Å²) in [6.07, 6.45) is 0.683. The SMILES string of the molecule is NC(=O)CCCNC(=O)C(c1ccc(O)cc1)c1ccc(O)cc1. The van der Waals surface area contributed by atoms with Crippen molar-refractivity contribution in [2.45, 2.75) is 18.8 Å². The van der Waals surface area contributed by atoms with E-state index in [1.165, 1.54) is 24.3 Å². The molecule has 6 nitrogen and oxygen atoms in total. The third-order valence-corrected chi connectivity index (χ3v) is 3.61. The Morgan fingerprint density at radius 3 is 1.79 bits per heavy atom. The molecule has 0 aliphatic heterocycles. The normalized spacial score (nSPS) is 10.5. The zero-order valence-electron chi connectivity index (χ0n) is 13.1. The lowest BCUT2D eigenvalue weighted by Gasteiger charge is -2.18. The van der Waals surface area contributed by atoms with Gasteiger partial charge in [0.1, 0.15) is 11.5 Å². The number of rotatable bonds is 7. The molecule has 0 atom stereocenters. The molecule has 2 aromatic carbocycles. The molecule has 6 heteroatoms. The van der Waals surface area contributed by atoms with Gasteiger partial charge >= 0.3 is 0 Å². The molecule has 24 heavy (non-hydrogen) atoms. The van der Waals surface area contributed by atoms with Crippen LogP contribution in [0.3, 0.4) is 0 Å². The van der Waals surface area contributed by atoms with Crippen molar-refractivity contribution in [1.82, 2.24) is 5.32 Å². The number of benzene rings is 2. The van der Waals surface area contributed by atoms with E-state index in [9.17, 15) is 19.8 Å². The van der Waals surface area contributed by atoms with E-state index in [-0.39, 0.29) is 23.8 Å². The lowest BCUT2D eigenvalue weighted by molar-refractivity contribution is -0.122. The topological polar surface area (TPSA) is 113 Å². The van der Waals surface area contributed by atoms with Gasteiger partial charge in [-0.2, -0.15) is 0 Å². The molecule has 0 aliphatic rings. The molecule has 0 saturated heterocycles. The second kappa shape index (κ2) is 8.01. The largest absolute Gasteiger partial charge is 0.508 e. The summed E-state index contributed by atoms with van der Waals surface area (Å²) in [4.78, 5) is 23.4. The van der Waals surface area contributed by atoms with Crippen molar-refractivity contribution in [3.63, 3.8) is 0 Å². The lowest BCUT2D eigenvalue weighted by Crippen LogP contribution is -2.31. The van der Waals surface area contributed by atoms with Crippen LogP contribution in [0.25, 0.3) is 0 Å². The fraction of sp³-hybridized carbons (Fsp3) is 0.222. The van der Waals surface area contributed by atoms with E-state index in [2.05, 4.69) is 5.32 Å². The summed E-state index contributed by atoms with van der Waals surface area (Å²) in [7, 11) is 0. The highest BCUT2D eigenvalue weighted by atomic mass is 16.3. The molecule has 0 bridgehead atoms.